The number of benzene rings is 2. The molecule has 0 aliphatic rings. The molecule has 2 N–H and O–H groups in total. The summed E-state index contributed by atoms with van der Waals surface area (Å²) in [5.41, 5.74) is -0.0211. The highest BCUT2D eigenvalue weighted by Crippen LogP contribution is 2.28. The third kappa shape index (κ3) is 5.48. The number of amides is 3. The third-order valence-corrected chi connectivity index (χ3v) is 3.67. The Balaban J connectivity index is 1.99. The number of anilines is 1. The second kappa shape index (κ2) is 8.45. The maximum atomic E-state index is 12.8. The average Bonchev–Trinajstić information content (AvgIpc) is 2.56. The number of alkyl halides is 4. The van der Waals surface area contributed by atoms with Gasteiger partial charge in [-0.2, -0.15) is 17.6 Å². The summed E-state index contributed by atoms with van der Waals surface area (Å²) in [6, 6.07) is 7.50. The summed E-state index contributed by atoms with van der Waals surface area (Å²) >= 11 is 11.7. The van der Waals surface area contributed by atoms with Crippen LogP contribution in [0.3, 0.4) is 0 Å². The van der Waals surface area contributed by atoms with Gasteiger partial charge < -0.3 is 10.1 Å². The number of nitrogens with one attached hydrogen (secondary N) is 2. The van der Waals surface area contributed by atoms with Gasteiger partial charge in [0.1, 0.15) is 5.75 Å². The molecule has 27 heavy (non-hydrogen) atoms. The minimum Gasteiger partial charge on any atom is -0.428 e. The fourth-order valence-corrected chi connectivity index (χ4v) is 2.42. The molecule has 0 spiro atoms. The molecular formula is C16H10Cl2F4N2O3. The molecule has 144 valence electrons. The molecule has 0 saturated heterocycles. The van der Waals surface area contributed by atoms with Gasteiger partial charge in [-0.15, -0.1) is 0 Å². The number of carbonyl (C=O) groups is 2. The Hall–Kier alpha value is -2.52. The zero-order valence-corrected chi connectivity index (χ0v) is 14.6. The minimum absolute atomic E-state index is 0.0364. The Bertz CT molecular complexity index is 828. The van der Waals surface area contributed by atoms with Crippen LogP contribution in [0.4, 0.5) is 28.0 Å². The molecule has 0 unspecified atom stereocenters. The summed E-state index contributed by atoms with van der Waals surface area (Å²) < 4.78 is 53.6. The lowest BCUT2D eigenvalue weighted by Gasteiger charge is -2.17. The average molecular weight is 425 g/mol. The van der Waals surface area contributed by atoms with Crippen molar-refractivity contribution >= 4 is 40.8 Å². The molecule has 11 heteroatoms. The molecule has 0 radical (unpaired) electrons. The molecule has 0 aliphatic heterocycles. The van der Waals surface area contributed by atoms with E-state index >= 15 is 0 Å². The van der Waals surface area contributed by atoms with Crippen LogP contribution in [0.15, 0.2) is 42.5 Å². The number of ether oxygens (including phenoxy) is 1. The van der Waals surface area contributed by atoms with Gasteiger partial charge in [0, 0.05) is 5.69 Å². The summed E-state index contributed by atoms with van der Waals surface area (Å²) in [7, 11) is 0. The molecule has 0 saturated carbocycles. The Morgan fingerprint density at radius 1 is 1.00 bits per heavy atom. The van der Waals surface area contributed by atoms with Gasteiger partial charge in [0.25, 0.3) is 5.91 Å². The Morgan fingerprint density at radius 3 is 2.07 bits per heavy atom. The van der Waals surface area contributed by atoms with E-state index in [1.54, 1.807) is 0 Å². The van der Waals surface area contributed by atoms with E-state index in [1.807, 2.05) is 5.32 Å². The number of urea groups is 1. The third-order valence-electron chi connectivity index (χ3n) is 3.04. The first-order valence-corrected chi connectivity index (χ1v) is 7.87. The van der Waals surface area contributed by atoms with E-state index in [-0.39, 0.29) is 21.3 Å². The Labute approximate surface area is 160 Å². The van der Waals surface area contributed by atoms with E-state index < -0.39 is 30.2 Å². The Morgan fingerprint density at radius 2 is 1.56 bits per heavy atom. The number of halogens is 6. The molecular weight excluding hydrogens is 415 g/mol. The van der Waals surface area contributed by atoms with Gasteiger partial charge in [-0.25, -0.2) is 4.79 Å². The van der Waals surface area contributed by atoms with Gasteiger partial charge in [-0.05, 0) is 36.4 Å². The van der Waals surface area contributed by atoms with E-state index in [1.165, 1.54) is 18.2 Å². The molecule has 3 amide bonds. The maximum Gasteiger partial charge on any atom is 0.461 e. The molecule has 0 aromatic heterocycles. The fraction of sp³-hybridized carbons (Fsp3) is 0.125. The maximum absolute atomic E-state index is 12.8. The van der Waals surface area contributed by atoms with Crippen molar-refractivity contribution < 1.29 is 31.9 Å². The second-order valence-corrected chi connectivity index (χ2v) is 5.81. The molecule has 0 bridgehead atoms. The lowest BCUT2D eigenvalue weighted by Crippen LogP contribution is -2.34. The van der Waals surface area contributed by atoms with E-state index in [2.05, 4.69) is 10.1 Å². The van der Waals surface area contributed by atoms with Crippen molar-refractivity contribution in [2.45, 2.75) is 12.5 Å². The van der Waals surface area contributed by atoms with E-state index in [0.717, 1.165) is 24.3 Å². The van der Waals surface area contributed by atoms with Crippen molar-refractivity contribution in [2.75, 3.05) is 5.32 Å². The molecule has 2 rings (SSSR count). The monoisotopic (exact) mass is 424 g/mol. The molecule has 0 aliphatic carbocycles. The standard InChI is InChI=1S/C16H10Cl2F4N2O3/c17-10-2-1-3-11(18)12(10)13(25)24-15(26)23-8-4-6-9(7-5-8)27-16(21,22)14(19)20/h1-7,14H,(H2,23,24,25,26). The predicted molar refractivity (Wildman–Crippen MR) is 91.0 cm³/mol. The van der Waals surface area contributed by atoms with Gasteiger partial charge in [-0.1, -0.05) is 29.3 Å². The zero-order valence-electron chi connectivity index (χ0n) is 13.1. The molecule has 0 heterocycles. The summed E-state index contributed by atoms with van der Waals surface area (Å²) in [6.07, 6.45) is -8.64. The molecule has 0 atom stereocenters. The fourth-order valence-electron chi connectivity index (χ4n) is 1.85. The number of hydrogen-bond donors (Lipinski definition) is 2. The first kappa shape index (κ1) is 20.8. The van der Waals surface area contributed by atoms with Crippen LogP contribution in [0.2, 0.25) is 10.0 Å². The van der Waals surface area contributed by atoms with Gasteiger partial charge >= 0.3 is 18.6 Å². The van der Waals surface area contributed by atoms with Crippen LogP contribution < -0.4 is 15.4 Å². The molecule has 2 aromatic rings. The highest BCUT2D eigenvalue weighted by molar-refractivity contribution is 6.40. The van der Waals surface area contributed by atoms with Crippen molar-refractivity contribution in [1.29, 1.82) is 0 Å². The van der Waals surface area contributed by atoms with Gasteiger partial charge in [0.05, 0.1) is 15.6 Å². The van der Waals surface area contributed by atoms with Gasteiger partial charge in [0.15, 0.2) is 0 Å². The zero-order chi connectivity index (χ0) is 20.2. The normalized spacial score (nSPS) is 11.2. The smallest absolute Gasteiger partial charge is 0.428 e. The predicted octanol–water partition coefficient (Wildman–Crippen LogP) is 5.19. The number of carbonyl (C=O) groups excluding carboxylic acids is 2. The van der Waals surface area contributed by atoms with Crippen LogP contribution in [0.1, 0.15) is 10.4 Å². The summed E-state index contributed by atoms with van der Waals surface area (Å²) in [5, 5.41) is 4.30. The van der Waals surface area contributed by atoms with Crippen LogP contribution in [0.5, 0.6) is 5.75 Å². The summed E-state index contributed by atoms with van der Waals surface area (Å²) in [5.74, 6) is -1.40. The van der Waals surface area contributed by atoms with Crippen molar-refractivity contribution in [3.05, 3.63) is 58.1 Å². The van der Waals surface area contributed by atoms with Crippen LogP contribution >= 0.6 is 23.2 Å². The van der Waals surface area contributed by atoms with Crippen molar-refractivity contribution in [3.8, 4) is 5.75 Å². The van der Waals surface area contributed by atoms with Gasteiger partial charge in [0.2, 0.25) is 0 Å². The van der Waals surface area contributed by atoms with Crippen molar-refractivity contribution in [2.24, 2.45) is 0 Å². The lowest BCUT2D eigenvalue weighted by molar-refractivity contribution is -0.253. The first-order valence-electron chi connectivity index (χ1n) is 7.11. The summed E-state index contributed by atoms with van der Waals surface area (Å²) in [4.78, 5) is 23.9. The highest BCUT2D eigenvalue weighted by atomic mass is 35.5. The lowest BCUT2D eigenvalue weighted by atomic mass is 10.2. The van der Waals surface area contributed by atoms with E-state index in [9.17, 15) is 27.2 Å². The highest BCUT2D eigenvalue weighted by Gasteiger charge is 2.43. The number of hydrogen-bond acceptors (Lipinski definition) is 3. The molecule has 5 nitrogen and oxygen atoms in total. The molecule has 2 aromatic carbocycles. The van der Waals surface area contributed by atoms with E-state index in [0.29, 0.717) is 0 Å². The van der Waals surface area contributed by atoms with Crippen molar-refractivity contribution in [3.63, 3.8) is 0 Å². The van der Waals surface area contributed by atoms with Crippen LogP contribution in [-0.2, 0) is 0 Å². The van der Waals surface area contributed by atoms with Crippen molar-refractivity contribution in [1.82, 2.24) is 5.32 Å². The first-order chi connectivity index (χ1) is 12.6. The number of imide groups is 1. The second-order valence-electron chi connectivity index (χ2n) is 4.99. The largest absolute Gasteiger partial charge is 0.461 e. The van der Waals surface area contributed by atoms with Crippen LogP contribution in [-0.4, -0.2) is 24.5 Å². The quantitative estimate of drug-likeness (QED) is 0.648. The molecule has 0 fully saturated rings. The number of rotatable bonds is 5. The van der Waals surface area contributed by atoms with E-state index in [4.69, 9.17) is 23.2 Å². The van der Waals surface area contributed by atoms with Gasteiger partial charge in [-0.3, -0.25) is 10.1 Å². The minimum atomic E-state index is -4.65. The summed E-state index contributed by atoms with van der Waals surface area (Å²) in [6.45, 7) is 0. The van der Waals surface area contributed by atoms with Crippen LogP contribution in [0.25, 0.3) is 0 Å². The SMILES string of the molecule is O=C(NC(=O)c1c(Cl)cccc1Cl)Nc1ccc(OC(F)(F)C(F)F)cc1. The van der Waals surface area contributed by atoms with Crippen LogP contribution in [0, 0.1) is 0 Å². The Kier molecular flexibility index (Phi) is 6.50. The topological polar surface area (TPSA) is 67.4 Å².